The second kappa shape index (κ2) is 4.14. The maximum Gasteiger partial charge on any atom is 0.247 e. The van der Waals surface area contributed by atoms with Gasteiger partial charge >= 0.3 is 0 Å². The first kappa shape index (κ1) is 12.1. The van der Waals surface area contributed by atoms with E-state index in [0.717, 1.165) is 0 Å². The Balaban J connectivity index is 2.54. The van der Waals surface area contributed by atoms with E-state index >= 15 is 0 Å². The summed E-state index contributed by atoms with van der Waals surface area (Å²) in [5, 5.41) is 3.05. The van der Waals surface area contributed by atoms with Crippen LogP contribution in [0.3, 0.4) is 0 Å². The number of anilines is 2. The molecular formula is C11H15ClN4O. The van der Waals surface area contributed by atoms with Crippen molar-refractivity contribution >= 4 is 29.0 Å². The predicted molar refractivity (Wildman–Crippen MR) is 67.4 cm³/mol. The summed E-state index contributed by atoms with van der Waals surface area (Å²) in [5.41, 5.74) is 1.33. The summed E-state index contributed by atoms with van der Waals surface area (Å²) in [6, 6.07) is -0.229. The molecule has 2 heterocycles. The number of carbonyl (C=O) groups excluding carboxylic acids is 1. The Morgan fingerprint density at radius 2 is 2.06 bits per heavy atom. The fraction of sp³-hybridized carbons (Fsp3) is 0.545. The van der Waals surface area contributed by atoms with Crippen LogP contribution in [0.5, 0.6) is 0 Å². The number of halogens is 1. The van der Waals surface area contributed by atoms with Crippen LogP contribution in [0.2, 0.25) is 5.28 Å². The first-order chi connectivity index (χ1) is 7.91. The van der Waals surface area contributed by atoms with Crippen molar-refractivity contribution in [1.82, 2.24) is 9.97 Å². The van der Waals surface area contributed by atoms with Gasteiger partial charge in [-0.05, 0) is 24.4 Å². The van der Waals surface area contributed by atoms with E-state index < -0.39 is 0 Å². The number of aromatic nitrogens is 2. The van der Waals surface area contributed by atoms with Crippen molar-refractivity contribution in [3.63, 3.8) is 0 Å². The number of amides is 1. The first-order valence-corrected chi connectivity index (χ1v) is 5.87. The Kier molecular flexibility index (Phi) is 2.95. The summed E-state index contributed by atoms with van der Waals surface area (Å²) < 4.78 is 0. The lowest BCUT2D eigenvalue weighted by molar-refractivity contribution is -0.118. The number of carbonyl (C=O) groups is 1. The molecule has 0 saturated heterocycles. The minimum absolute atomic E-state index is 0.0241. The molecule has 17 heavy (non-hydrogen) atoms. The van der Waals surface area contributed by atoms with Gasteiger partial charge < -0.3 is 10.2 Å². The van der Waals surface area contributed by atoms with Gasteiger partial charge in [0.1, 0.15) is 11.7 Å². The summed E-state index contributed by atoms with van der Waals surface area (Å²) in [7, 11) is 1.85. The van der Waals surface area contributed by atoms with Crippen molar-refractivity contribution in [3.8, 4) is 0 Å². The Labute approximate surface area is 105 Å². The minimum atomic E-state index is -0.229. The van der Waals surface area contributed by atoms with Gasteiger partial charge in [0.25, 0.3) is 0 Å². The third-order valence-corrected chi connectivity index (χ3v) is 3.11. The van der Waals surface area contributed by atoms with E-state index in [1.807, 2.05) is 25.8 Å². The van der Waals surface area contributed by atoms with Crippen LogP contribution in [0.4, 0.5) is 11.5 Å². The van der Waals surface area contributed by atoms with Gasteiger partial charge in [0.2, 0.25) is 11.2 Å². The van der Waals surface area contributed by atoms with Crippen molar-refractivity contribution < 1.29 is 4.79 Å². The van der Waals surface area contributed by atoms with Crippen LogP contribution in [0, 0.1) is 12.8 Å². The van der Waals surface area contributed by atoms with E-state index in [4.69, 9.17) is 11.6 Å². The SMILES string of the molecule is Cc1nc(Cl)nc2c1NC(=O)C(C(C)C)N2C. The zero-order valence-electron chi connectivity index (χ0n) is 10.3. The molecule has 1 amide bonds. The van der Waals surface area contributed by atoms with Crippen molar-refractivity contribution in [2.45, 2.75) is 26.8 Å². The first-order valence-electron chi connectivity index (χ1n) is 5.49. The standard InChI is InChI=1S/C11H15ClN4O/c1-5(2)8-10(17)14-7-6(3)13-11(12)15-9(7)16(8)4/h5,8H,1-4H3,(H,14,17). The highest BCUT2D eigenvalue weighted by Crippen LogP contribution is 2.33. The summed E-state index contributed by atoms with van der Waals surface area (Å²) in [4.78, 5) is 22.1. The number of hydrogen-bond acceptors (Lipinski definition) is 4. The Morgan fingerprint density at radius 3 is 2.65 bits per heavy atom. The topological polar surface area (TPSA) is 58.1 Å². The van der Waals surface area contributed by atoms with Crippen molar-refractivity contribution in [3.05, 3.63) is 11.0 Å². The van der Waals surface area contributed by atoms with E-state index in [0.29, 0.717) is 17.2 Å². The van der Waals surface area contributed by atoms with Gasteiger partial charge in [-0.25, -0.2) is 4.98 Å². The molecule has 1 N–H and O–H groups in total. The number of fused-ring (bicyclic) bond motifs is 1. The molecule has 1 aromatic rings. The highest BCUT2D eigenvalue weighted by molar-refractivity contribution is 6.28. The molecule has 1 aromatic heterocycles. The van der Waals surface area contributed by atoms with Crippen LogP contribution in [-0.2, 0) is 4.79 Å². The van der Waals surface area contributed by atoms with Gasteiger partial charge in [0.05, 0.1) is 5.69 Å². The molecule has 0 aromatic carbocycles. The largest absolute Gasteiger partial charge is 0.345 e. The van der Waals surface area contributed by atoms with Crippen molar-refractivity contribution in [1.29, 1.82) is 0 Å². The summed E-state index contributed by atoms with van der Waals surface area (Å²) >= 11 is 5.85. The molecule has 0 saturated carbocycles. The van der Waals surface area contributed by atoms with Crippen molar-refractivity contribution in [2.75, 3.05) is 17.3 Å². The molecule has 1 aliphatic heterocycles. The van der Waals surface area contributed by atoms with Crippen LogP contribution in [0.15, 0.2) is 0 Å². The molecule has 0 aliphatic carbocycles. The molecular weight excluding hydrogens is 240 g/mol. The smallest absolute Gasteiger partial charge is 0.247 e. The minimum Gasteiger partial charge on any atom is -0.345 e. The summed E-state index contributed by atoms with van der Waals surface area (Å²) in [6.45, 7) is 5.80. The molecule has 0 bridgehead atoms. The number of aryl methyl sites for hydroxylation is 1. The van der Waals surface area contributed by atoms with E-state index in [1.165, 1.54) is 0 Å². The van der Waals surface area contributed by atoms with Crippen LogP contribution in [0.25, 0.3) is 0 Å². The zero-order chi connectivity index (χ0) is 12.7. The second-order valence-corrected chi connectivity index (χ2v) is 4.90. The summed E-state index contributed by atoms with van der Waals surface area (Å²) in [5.74, 6) is 0.854. The molecule has 0 fully saturated rings. The maximum absolute atomic E-state index is 12.0. The van der Waals surface area contributed by atoms with Crippen LogP contribution < -0.4 is 10.2 Å². The lowest BCUT2D eigenvalue weighted by Crippen LogP contribution is -2.49. The number of hydrogen-bond donors (Lipinski definition) is 1. The zero-order valence-corrected chi connectivity index (χ0v) is 11.0. The number of rotatable bonds is 1. The number of likely N-dealkylation sites (N-methyl/N-ethyl adjacent to an activating group) is 1. The van der Waals surface area contributed by atoms with E-state index in [2.05, 4.69) is 15.3 Å². The van der Waals surface area contributed by atoms with E-state index in [9.17, 15) is 4.79 Å². The Hall–Kier alpha value is -1.36. The molecule has 5 nitrogen and oxygen atoms in total. The van der Waals surface area contributed by atoms with E-state index in [1.54, 1.807) is 6.92 Å². The monoisotopic (exact) mass is 254 g/mol. The lowest BCUT2D eigenvalue weighted by Gasteiger charge is -2.36. The average Bonchev–Trinajstić information content (AvgIpc) is 2.19. The molecule has 6 heteroatoms. The Bertz CT molecular complexity index is 475. The lowest BCUT2D eigenvalue weighted by atomic mass is 9.99. The number of nitrogens with zero attached hydrogens (tertiary/aromatic N) is 3. The van der Waals surface area contributed by atoms with Gasteiger partial charge in [-0.3, -0.25) is 4.79 Å². The summed E-state index contributed by atoms with van der Waals surface area (Å²) in [6.07, 6.45) is 0. The second-order valence-electron chi connectivity index (χ2n) is 4.57. The quantitative estimate of drug-likeness (QED) is 0.777. The third-order valence-electron chi connectivity index (χ3n) is 2.94. The average molecular weight is 255 g/mol. The third kappa shape index (κ3) is 1.95. The molecule has 1 aliphatic rings. The van der Waals surface area contributed by atoms with Gasteiger partial charge in [-0.2, -0.15) is 4.98 Å². The van der Waals surface area contributed by atoms with Crippen LogP contribution in [-0.4, -0.2) is 29.0 Å². The molecule has 1 unspecified atom stereocenters. The number of nitrogens with one attached hydrogen (secondary N) is 1. The predicted octanol–water partition coefficient (Wildman–Crippen LogP) is 1.85. The van der Waals surface area contributed by atoms with Gasteiger partial charge in [-0.1, -0.05) is 13.8 Å². The van der Waals surface area contributed by atoms with Gasteiger partial charge in [0, 0.05) is 7.05 Å². The van der Waals surface area contributed by atoms with Crippen molar-refractivity contribution in [2.24, 2.45) is 5.92 Å². The molecule has 1 atom stereocenters. The highest BCUT2D eigenvalue weighted by atomic mass is 35.5. The molecule has 2 rings (SSSR count). The maximum atomic E-state index is 12.0. The van der Waals surface area contributed by atoms with Gasteiger partial charge in [0.15, 0.2) is 5.82 Å². The Morgan fingerprint density at radius 1 is 1.41 bits per heavy atom. The highest BCUT2D eigenvalue weighted by Gasteiger charge is 2.35. The van der Waals surface area contributed by atoms with Crippen LogP contribution in [0.1, 0.15) is 19.5 Å². The van der Waals surface area contributed by atoms with Gasteiger partial charge in [-0.15, -0.1) is 0 Å². The fourth-order valence-electron chi connectivity index (χ4n) is 2.18. The molecule has 0 radical (unpaired) electrons. The van der Waals surface area contributed by atoms with Crippen LogP contribution >= 0.6 is 11.6 Å². The molecule has 92 valence electrons. The molecule has 0 spiro atoms. The fourth-order valence-corrected chi connectivity index (χ4v) is 2.39. The van der Waals surface area contributed by atoms with E-state index in [-0.39, 0.29) is 23.2 Å². The normalized spacial score (nSPS) is 19.3.